The molecule has 0 saturated heterocycles. The number of amides is 1. The standard InChI is InChI=1S/C17H16N4OS4/c1-12(14-8-5-9-23-14)18-19-15(22)11-25-17-21-20-16(26-17)24-10-13-6-3-2-4-7-13/h2-9H,10-11H2,1H3,(H,19,22)/b18-12-. The molecular weight excluding hydrogens is 404 g/mol. The van der Waals surface area contributed by atoms with E-state index >= 15 is 0 Å². The van der Waals surface area contributed by atoms with Crippen molar-refractivity contribution in [2.24, 2.45) is 5.10 Å². The van der Waals surface area contributed by atoms with E-state index in [0.29, 0.717) is 0 Å². The topological polar surface area (TPSA) is 67.2 Å². The van der Waals surface area contributed by atoms with Crippen molar-refractivity contribution in [2.45, 2.75) is 21.4 Å². The van der Waals surface area contributed by atoms with Crippen molar-refractivity contribution in [1.29, 1.82) is 0 Å². The first-order chi connectivity index (χ1) is 12.7. The van der Waals surface area contributed by atoms with Crippen molar-refractivity contribution in [1.82, 2.24) is 15.6 Å². The lowest BCUT2D eigenvalue weighted by atomic mass is 10.2. The number of rotatable bonds is 8. The zero-order chi connectivity index (χ0) is 18.2. The fourth-order valence-corrected chi connectivity index (χ4v) is 5.32. The number of thioether (sulfide) groups is 2. The van der Waals surface area contributed by atoms with Crippen LogP contribution in [0, 0.1) is 0 Å². The van der Waals surface area contributed by atoms with Gasteiger partial charge < -0.3 is 0 Å². The molecule has 2 heterocycles. The number of thiophene rings is 1. The second kappa shape index (κ2) is 9.86. The largest absolute Gasteiger partial charge is 0.272 e. The molecule has 2 aromatic heterocycles. The molecule has 0 spiro atoms. The predicted octanol–water partition coefficient (Wildman–Crippen LogP) is 4.52. The number of aromatic nitrogens is 2. The lowest BCUT2D eigenvalue weighted by Crippen LogP contribution is -2.20. The number of benzene rings is 1. The Balaban J connectivity index is 1.42. The van der Waals surface area contributed by atoms with Crippen molar-refractivity contribution in [3.05, 3.63) is 58.3 Å². The molecule has 1 N–H and O–H groups in total. The molecule has 26 heavy (non-hydrogen) atoms. The molecule has 0 saturated carbocycles. The van der Waals surface area contributed by atoms with Gasteiger partial charge in [-0.15, -0.1) is 21.5 Å². The van der Waals surface area contributed by atoms with Crippen LogP contribution in [0.2, 0.25) is 0 Å². The maximum atomic E-state index is 11.9. The maximum Gasteiger partial charge on any atom is 0.250 e. The van der Waals surface area contributed by atoms with Crippen molar-refractivity contribution in [2.75, 3.05) is 5.75 Å². The second-order valence-corrected chi connectivity index (χ2v) is 9.48. The van der Waals surface area contributed by atoms with Crippen molar-refractivity contribution < 1.29 is 4.79 Å². The van der Waals surface area contributed by atoms with Gasteiger partial charge in [0.2, 0.25) is 0 Å². The Morgan fingerprint density at radius 2 is 1.88 bits per heavy atom. The average molecular weight is 421 g/mol. The van der Waals surface area contributed by atoms with E-state index in [0.717, 1.165) is 25.0 Å². The molecule has 1 aromatic carbocycles. The summed E-state index contributed by atoms with van der Waals surface area (Å²) < 4.78 is 1.69. The summed E-state index contributed by atoms with van der Waals surface area (Å²) in [6.45, 7) is 1.88. The molecule has 0 atom stereocenters. The van der Waals surface area contributed by atoms with Crippen molar-refractivity contribution in [3.8, 4) is 0 Å². The van der Waals surface area contributed by atoms with Crippen LogP contribution in [-0.2, 0) is 10.5 Å². The summed E-state index contributed by atoms with van der Waals surface area (Å²) in [7, 11) is 0. The average Bonchev–Trinajstić information content (AvgIpc) is 3.35. The van der Waals surface area contributed by atoms with Crippen LogP contribution in [0.25, 0.3) is 0 Å². The molecule has 0 aliphatic rings. The molecule has 0 unspecified atom stereocenters. The van der Waals surface area contributed by atoms with Gasteiger partial charge in [0, 0.05) is 10.6 Å². The van der Waals surface area contributed by atoms with E-state index in [9.17, 15) is 4.79 Å². The van der Waals surface area contributed by atoms with Crippen LogP contribution in [0.4, 0.5) is 0 Å². The molecule has 0 fully saturated rings. The zero-order valence-corrected chi connectivity index (χ0v) is 17.2. The molecule has 0 radical (unpaired) electrons. The van der Waals surface area contributed by atoms with Crippen LogP contribution in [0.5, 0.6) is 0 Å². The van der Waals surface area contributed by atoms with E-state index in [1.54, 1.807) is 23.1 Å². The molecule has 0 bridgehead atoms. The first-order valence-corrected chi connectivity index (χ1v) is 11.4. The van der Waals surface area contributed by atoms with Crippen LogP contribution >= 0.6 is 46.2 Å². The van der Waals surface area contributed by atoms with Gasteiger partial charge >= 0.3 is 0 Å². The predicted molar refractivity (Wildman–Crippen MR) is 111 cm³/mol. The first-order valence-electron chi connectivity index (χ1n) is 7.71. The van der Waals surface area contributed by atoms with Gasteiger partial charge in [-0.3, -0.25) is 4.79 Å². The monoisotopic (exact) mass is 420 g/mol. The Kier molecular flexibility index (Phi) is 7.24. The summed E-state index contributed by atoms with van der Waals surface area (Å²) in [4.78, 5) is 13.0. The number of nitrogens with zero attached hydrogens (tertiary/aromatic N) is 3. The van der Waals surface area contributed by atoms with Gasteiger partial charge in [-0.1, -0.05) is 71.3 Å². The third-order valence-corrected chi connectivity index (χ3v) is 7.39. The van der Waals surface area contributed by atoms with Gasteiger partial charge in [-0.2, -0.15) is 5.10 Å². The lowest BCUT2D eigenvalue weighted by molar-refractivity contribution is -0.118. The number of carbonyl (C=O) groups excluding carboxylic acids is 1. The Hall–Kier alpha value is -1.68. The Bertz CT molecular complexity index is 862. The molecule has 134 valence electrons. The summed E-state index contributed by atoms with van der Waals surface area (Å²) >= 11 is 6.12. The Morgan fingerprint density at radius 3 is 2.62 bits per heavy atom. The molecule has 5 nitrogen and oxygen atoms in total. The molecule has 1 amide bonds. The van der Waals surface area contributed by atoms with Crippen molar-refractivity contribution in [3.63, 3.8) is 0 Å². The quantitative estimate of drug-likeness (QED) is 0.330. The minimum Gasteiger partial charge on any atom is -0.272 e. The van der Waals surface area contributed by atoms with Gasteiger partial charge in [0.1, 0.15) is 0 Å². The molecule has 3 rings (SSSR count). The van der Waals surface area contributed by atoms with Crippen LogP contribution in [0.15, 0.2) is 61.6 Å². The van der Waals surface area contributed by atoms with E-state index in [2.05, 4.69) is 32.9 Å². The summed E-state index contributed by atoms with van der Waals surface area (Å²) in [5, 5.41) is 14.4. The molecule has 3 aromatic rings. The van der Waals surface area contributed by atoms with E-state index in [1.165, 1.54) is 28.7 Å². The number of hydrogen-bond acceptors (Lipinski definition) is 8. The van der Waals surface area contributed by atoms with Gasteiger partial charge in [0.15, 0.2) is 8.68 Å². The SMILES string of the molecule is C/C(=N/NC(=O)CSc1nnc(SCc2ccccc2)s1)c1cccs1. The van der Waals surface area contributed by atoms with Gasteiger partial charge in [-0.05, 0) is 23.9 Å². The molecule has 9 heteroatoms. The summed E-state index contributed by atoms with van der Waals surface area (Å²) in [6, 6.07) is 14.2. The zero-order valence-electron chi connectivity index (χ0n) is 13.9. The first kappa shape index (κ1) is 19.1. The molecule has 0 aliphatic carbocycles. The highest BCUT2D eigenvalue weighted by Crippen LogP contribution is 2.30. The van der Waals surface area contributed by atoms with E-state index in [-0.39, 0.29) is 11.7 Å². The lowest BCUT2D eigenvalue weighted by Gasteiger charge is -1.99. The van der Waals surface area contributed by atoms with E-state index in [1.807, 2.05) is 42.6 Å². The maximum absolute atomic E-state index is 11.9. The smallest absolute Gasteiger partial charge is 0.250 e. The number of hydrazone groups is 1. The third-order valence-electron chi connectivity index (χ3n) is 3.15. The van der Waals surface area contributed by atoms with Gasteiger partial charge in [0.05, 0.1) is 11.5 Å². The van der Waals surface area contributed by atoms with Crippen LogP contribution in [-0.4, -0.2) is 27.6 Å². The normalized spacial score (nSPS) is 11.5. The van der Waals surface area contributed by atoms with E-state index in [4.69, 9.17) is 0 Å². The summed E-state index contributed by atoms with van der Waals surface area (Å²) in [6.07, 6.45) is 0. The van der Waals surface area contributed by atoms with Gasteiger partial charge in [-0.25, -0.2) is 5.43 Å². The highest BCUT2D eigenvalue weighted by Gasteiger charge is 2.09. The molecular formula is C17H16N4OS4. The third kappa shape index (κ3) is 5.94. The summed E-state index contributed by atoms with van der Waals surface area (Å²) in [5.74, 6) is 0.968. The highest BCUT2D eigenvalue weighted by atomic mass is 32.2. The number of carbonyl (C=O) groups is 1. The van der Waals surface area contributed by atoms with Gasteiger partial charge in [0.25, 0.3) is 5.91 Å². The highest BCUT2D eigenvalue weighted by molar-refractivity contribution is 8.03. The fraction of sp³-hybridized carbons (Fsp3) is 0.176. The van der Waals surface area contributed by atoms with Crippen LogP contribution in [0.3, 0.4) is 0 Å². The minimum atomic E-state index is -0.153. The van der Waals surface area contributed by atoms with Crippen LogP contribution in [0.1, 0.15) is 17.4 Å². The Labute approximate surface area is 168 Å². The van der Waals surface area contributed by atoms with Crippen LogP contribution < -0.4 is 5.43 Å². The Morgan fingerprint density at radius 1 is 1.12 bits per heavy atom. The number of hydrogen-bond donors (Lipinski definition) is 1. The second-order valence-electron chi connectivity index (χ2n) is 5.11. The van der Waals surface area contributed by atoms with Crippen molar-refractivity contribution >= 4 is 57.8 Å². The molecule has 0 aliphatic heterocycles. The minimum absolute atomic E-state index is 0.153. The number of nitrogens with one attached hydrogen (secondary N) is 1. The fourth-order valence-electron chi connectivity index (χ4n) is 1.88. The van der Waals surface area contributed by atoms with E-state index < -0.39 is 0 Å². The summed E-state index contributed by atoms with van der Waals surface area (Å²) in [5.41, 5.74) is 4.63.